The van der Waals surface area contributed by atoms with Crippen molar-refractivity contribution in [3.05, 3.63) is 29.6 Å². The SMILES string of the molecule is CSc1c(F)cccc1[C@H](C)N. The van der Waals surface area contributed by atoms with E-state index in [4.69, 9.17) is 5.73 Å². The summed E-state index contributed by atoms with van der Waals surface area (Å²) in [5.41, 5.74) is 6.56. The Morgan fingerprint density at radius 1 is 1.50 bits per heavy atom. The molecule has 1 atom stereocenters. The zero-order valence-corrected chi connectivity index (χ0v) is 7.99. The van der Waals surface area contributed by atoms with E-state index in [2.05, 4.69) is 0 Å². The van der Waals surface area contributed by atoms with Crippen LogP contribution in [0.15, 0.2) is 23.1 Å². The van der Waals surface area contributed by atoms with Crippen LogP contribution < -0.4 is 5.73 Å². The number of thioether (sulfide) groups is 1. The maximum atomic E-state index is 13.1. The minimum Gasteiger partial charge on any atom is -0.324 e. The molecule has 0 aromatic heterocycles. The molecule has 12 heavy (non-hydrogen) atoms. The molecule has 1 aromatic rings. The van der Waals surface area contributed by atoms with Gasteiger partial charge in [-0.3, -0.25) is 0 Å². The highest BCUT2D eigenvalue weighted by Crippen LogP contribution is 2.27. The molecule has 1 aromatic carbocycles. The van der Waals surface area contributed by atoms with Crippen molar-refractivity contribution >= 4 is 11.8 Å². The molecule has 2 N–H and O–H groups in total. The number of halogens is 1. The molecule has 1 rings (SSSR count). The van der Waals surface area contributed by atoms with Crippen LogP contribution in [0.4, 0.5) is 4.39 Å². The molecule has 0 radical (unpaired) electrons. The van der Waals surface area contributed by atoms with Gasteiger partial charge in [-0.05, 0) is 24.8 Å². The van der Waals surface area contributed by atoms with Crippen LogP contribution in [0.5, 0.6) is 0 Å². The van der Waals surface area contributed by atoms with Crippen LogP contribution in [0.1, 0.15) is 18.5 Å². The van der Waals surface area contributed by atoms with Crippen LogP contribution in [0.3, 0.4) is 0 Å². The van der Waals surface area contributed by atoms with Crippen LogP contribution >= 0.6 is 11.8 Å². The summed E-state index contributed by atoms with van der Waals surface area (Å²) in [6.45, 7) is 1.86. The van der Waals surface area contributed by atoms with Crippen LogP contribution in [0.25, 0.3) is 0 Å². The highest BCUT2D eigenvalue weighted by molar-refractivity contribution is 7.98. The van der Waals surface area contributed by atoms with Crippen LogP contribution in [-0.4, -0.2) is 6.26 Å². The lowest BCUT2D eigenvalue weighted by molar-refractivity contribution is 0.592. The van der Waals surface area contributed by atoms with Gasteiger partial charge in [-0.25, -0.2) is 4.39 Å². The fourth-order valence-corrected chi connectivity index (χ4v) is 1.85. The molecule has 3 heteroatoms. The van der Waals surface area contributed by atoms with Crippen molar-refractivity contribution in [1.82, 2.24) is 0 Å². The van der Waals surface area contributed by atoms with Crippen molar-refractivity contribution in [2.75, 3.05) is 6.26 Å². The van der Waals surface area contributed by atoms with Gasteiger partial charge in [0.15, 0.2) is 0 Å². The standard InChI is InChI=1S/C9H12FNS/c1-6(11)7-4-3-5-8(10)9(7)12-2/h3-6H,11H2,1-2H3/t6-/m0/s1. The van der Waals surface area contributed by atoms with Gasteiger partial charge in [-0.15, -0.1) is 11.8 Å². The summed E-state index contributed by atoms with van der Waals surface area (Å²) in [6, 6.07) is 4.90. The third-order valence-electron chi connectivity index (χ3n) is 1.69. The van der Waals surface area contributed by atoms with Crippen LogP contribution in [0, 0.1) is 5.82 Å². The first kappa shape index (κ1) is 9.55. The number of nitrogens with two attached hydrogens (primary N) is 1. The maximum absolute atomic E-state index is 13.1. The van der Waals surface area contributed by atoms with Gasteiger partial charge in [-0.1, -0.05) is 12.1 Å². The van der Waals surface area contributed by atoms with Crippen molar-refractivity contribution in [2.45, 2.75) is 17.9 Å². The first-order chi connectivity index (χ1) is 5.66. The van der Waals surface area contributed by atoms with Gasteiger partial charge in [0.05, 0.1) is 0 Å². The number of hydrogen-bond acceptors (Lipinski definition) is 2. The van der Waals surface area contributed by atoms with E-state index in [-0.39, 0.29) is 11.9 Å². The van der Waals surface area contributed by atoms with Crippen molar-refractivity contribution in [3.63, 3.8) is 0 Å². The molecular formula is C9H12FNS. The minimum atomic E-state index is -0.183. The monoisotopic (exact) mass is 185 g/mol. The van der Waals surface area contributed by atoms with Crippen molar-refractivity contribution in [3.8, 4) is 0 Å². The largest absolute Gasteiger partial charge is 0.324 e. The fourth-order valence-electron chi connectivity index (χ4n) is 1.10. The number of rotatable bonds is 2. The quantitative estimate of drug-likeness (QED) is 0.717. The average Bonchev–Trinajstić information content (AvgIpc) is 2.03. The Morgan fingerprint density at radius 2 is 2.17 bits per heavy atom. The highest BCUT2D eigenvalue weighted by atomic mass is 32.2. The van der Waals surface area contributed by atoms with E-state index >= 15 is 0 Å². The molecule has 0 unspecified atom stereocenters. The van der Waals surface area contributed by atoms with Gasteiger partial charge in [0.2, 0.25) is 0 Å². The average molecular weight is 185 g/mol. The van der Waals surface area contributed by atoms with E-state index in [1.807, 2.05) is 19.2 Å². The van der Waals surface area contributed by atoms with E-state index in [0.29, 0.717) is 4.90 Å². The summed E-state index contributed by atoms with van der Waals surface area (Å²) in [6.07, 6.45) is 1.85. The summed E-state index contributed by atoms with van der Waals surface area (Å²) in [5.74, 6) is -0.183. The molecule has 1 nitrogen and oxygen atoms in total. The zero-order valence-electron chi connectivity index (χ0n) is 7.17. The Labute approximate surface area is 76.2 Å². The molecule has 66 valence electrons. The summed E-state index contributed by atoms with van der Waals surface area (Å²) in [5, 5.41) is 0. The minimum absolute atomic E-state index is 0.108. The van der Waals surface area contributed by atoms with E-state index in [1.54, 1.807) is 6.07 Å². The third kappa shape index (κ3) is 1.79. The first-order valence-electron chi connectivity index (χ1n) is 3.74. The zero-order chi connectivity index (χ0) is 9.14. The van der Waals surface area contributed by atoms with Crippen molar-refractivity contribution < 1.29 is 4.39 Å². The Balaban J connectivity index is 3.18. The van der Waals surface area contributed by atoms with Crippen molar-refractivity contribution in [2.24, 2.45) is 5.73 Å². The van der Waals surface area contributed by atoms with Gasteiger partial charge in [0.25, 0.3) is 0 Å². The highest BCUT2D eigenvalue weighted by Gasteiger charge is 2.09. The van der Waals surface area contributed by atoms with Crippen molar-refractivity contribution in [1.29, 1.82) is 0 Å². The molecular weight excluding hydrogens is 173 g/mol. The topological polar surface area (TPSA) is 26.0 Å². The second-order valence-corrected chi connectivity index (χ2v) is 3.47. The first-order valence-corrected chi connectivity index (χ1v) is 4.97. The van der Waals surface area contributed by atoms with Crippen LogP contribution in [0.2, 0.25) is 0 Å². The molecule has 0 fully saturated rings. The summed E-state index contributed by atoms with van der Waals surface area (Å²) >= 11 is 1.40. The van der Waals surface area contributed by atoms with Gasteiger partial charge in [0, 0.05) is 10.9 Å². The van der Waals surface area contributed by atoms with E-state index in [9.17, 15) is 4.39 Å². The smallest absolute Gasteiger partial charge is 0.137 e. The van der Waals surface area contributed by atoms with Gasteiger partial charge in [-0.2, -0.15) is 0 Å². The number of hydrogen-bond donors (Lipinski definition) is 1. The molecule has 0 spiro atoms. The molecule has 0 saturated carbocycles. The lowest BCUT2D eigenvalue weighted by Crippen LogP contribution is -2.07. The van der Waals surface area contributed by atoms with Gasteiger partial charge >= 0.3 is 0 Å². The van der Waals surface area contributed by atoms with E-state index in [1.165, 1.54) is 17.8 Å². The molecule has 0 aliphatic rings. The molecule has 0 aliphatic carbocycles. The second kappa shape index (κ2) is 3.92. The second-order valence-electron chi connectivity index (χ2n) is 2.65. The van der Waals surface area contributed by atoms with Crippen LogP contribution in [-0.2, 0) is 0 Å². The Hall–Kier alpha value is -0.540. The van der Waals surface area contributed by atoms with E-state index < -0.39 is 0 Å². The Kier molecular flexibility index (Phi) is 3.12. The Bertz CT molecular complexity index is 273. The van der Waals surface area contributed by atoms with E-state index in [0.717, 1.165) is 5.56 Å². The lowest BCUT2D eigenvalue weighted by atomic mass is 10.1. The summed E-state index contributed by atoms with van der Waals surface area (Å²) in [7, 11) is 0. The molecule has 0 bridgehead atoms. The number of benzene rings is 1. The predicted octanol–water partition coefficient (Wildman–Crippen LogP) is 2.57. The Morgan fingerprint density at radius 3 is 2.58 bits per heavy atom. The summed E-state index contributed by atoms with van der Waals surface area (Å²) in [4.78, 5) is 0.660. The third-order valence-corrected chi connectivity index (χ3v) is 2.53. The predicted molar refractivity (Wildman–Crippen MR) is 50.8 cm³/mol. The van der Waals surface area contributed by atoms with Gasteiger partial charge in [0.1, 0.15) is 5.82 Å². The molecule has 0 saturated heterocycles. The normalized spacial score (nSPS) is 13.0. The van der Waals surface area contributed by atoms with Gasteiger partial charge < -0.3 is 5.73 Å². The molecule has 0 amide bonds. The molecule has 0 aliphatic heterocycles. The summed E-state index contributed by atoms with van der Waals surface area (Å²) < 4.78 is 13.1. The molecule has 0 heterocycles. The fraction of sp³-hybridized carbons (Fsp3) is 0.333. The maximum Gasteiger partial charge on any atom is 0.137 e. The lowest BCUT2D eigenvalue weighted by Gasteiger charge is -2.10.